The first kappa shape index (κ1) is 18.0. The van der Waals surface area contributed by atoms with E-state index in [2.05, 4.69) is 24.5 Å². The van der Waals surface area contributed by atoms with Crippen LogP contribution >= 0.6 is 0 Å². The number of nitrogens with two attached hydrogens (primary N) is 1. The Balaban J connectivity index is 2.26. The number of nitrogens with one attached hydrogen (secondary N) is 2. The van der Waals surface area contributed by atoms with E-state index in [1.165, 1.54) is 0 Å². The van der Waals surface area contributed by atoms with Crippen molar-refractivity contribution in [3.8, 4) is 0 Å². The van der Waals surface area contributed by atoms with Gasteiger partial charge in [-0.3, -0.25) is 9.59 Å². The summed E-state index contributed by atoms with van der Waals surface area (Å²) < 4.78 is 0. The summed E-state index contributed by atoms with van der Waals surface area (Å²) in [6, 6.07) is 0.498. The van der Waals surface area contributed by atoms with Gasteiger partial charge in [-0.1, -0.05) is 26.7 Å². The van der Waals surface area contributed by atoms with Crippen LogP contribution in [0, 0.1) is 5.92 Å². The van der Waals surface area contributed by atoms with Crippen LogP contribution in [-0.4, -0.2) is 30.4 Å². The second kappa shape index (κ2) is 9.77. The molecule has 0 saturated heterocycles. The highest BCUT2D eigenvalue weighted by Gasteiger charge is 2.21. The third-order valence-electron chi connectivity index (χ3n) is 4.21. The largest absolute Gasteiger partial charge is 0.352 e. The number of hydrogen-bond acceptors (Lipinski definition) is 3. The maximum atomic E-state index is 12.1. The number of amides is 2. The lowest BCUT2D eigenvalue weighted by molar-refractivity contribution is -0.129. The van der Waals surface area contributed by atoms with Gasteiger partial charge in [0.15, 0.2) is 0 Å². The topological polar surface area (TPSA) is 84.2 Å². The first-order valence-electron chi connectivity index (χ1n) is 8.39. The van der Waals surface area contributed by atoms with Crippen molar-refractivity contribution in [3.63, 3.8) is 0 Å². The summed E-state index contributed by atoms with van der Waals surface area (Å²) in [5.74, 6) is -0.0319. The van der Waals surface area contributed by atoms with Gasteiger partial charge in [-0.05, 0) is 38.5 Å². The fourth-order valence-electron chi connectivity index (χ4n) is 2.96. The fraction of sp³-hybridized carbons (Fsp3) is 0.875. The summed E-state index contributed by atoms with van der Waals surface area (Å²) in [7, 11) is 0. The summed E-state index contributed by atoms with van der Waals surface area (Å²) in [4.78, 5) is 23.9. The highest BCUT2D eigenvalue weighted by Crippen LogP contribution is 2.16. The van der Waals surface area contributed by atoms with Crippen molar-refractivity contribution in [3.05, 3.63) is 0 Å². The van der Waals surface area contributed by atoms with Crippen molar-refractivity contribution in [2.24, 2.45) is 11.7 Å². The molecule has 0 radical (unpaired) electrons. The van der Waals surface area contributed by atoms with Crippen LogP contribution in [0.25, 0.3) is 0 Å². The molecule has 0 aromatic heterocycles. The molecule has 1 saturated carbocycles. The molecule has 5 nitrogen and oxygen atoms in total. The maximum absolute atomic E-state index is 12.1. The lowest BCUT2D eigenvalue weighted by Gasteiger charge is -2.27. The average Bonchev–Trinajstić information content (AvgIpc) is 2.47. The molecule has 0 aromatic rings. The van der Waals surface area contributed by atoms with Crippen molar-refractivity contribution >= 4 is 11.8 Å². The molecule has 1 aliphatic rings. The molecule has 0 bridgehead atoms. The molecule has 4 N–H and O–H groups in total. The molecule has 0 aromatic carbocycles. The molecule has 0 aliphatic heterocycles. The zero-order valence-electron chi connectivity index (χ0n) is 13.5. The third-order valence-corrected chi connectivity index (χ3v) is 4.21. The predicted octanol–water partition coefficient (Wildman–Crippen LogP) is 1.71. The Morgan fingerprint density at radius 1 is 1.10 bits per heavy atom. The highest BCUT2D eigenvalue weighted by molar-refractivity contribution is 5.85. The van der Waals surface area contributed by atoms with Gasteiger partial charge in [-0.15, -0.1) is 0 Å². The van der Waals surface area contributed by atoms with Crippen LogP contribution in [0.3, 0.4) is 0 Å². The number of carbonyl (C=O) groups is 2. The Kier molecular flexibility index (Phi) is 8.35. The Hall–Kier alpha value is -1.10. The van der Waals surface area contributed by atoms with Crippen LogP contribution in [0.15, 0.2) is 0 Å². The molecule has 1 aliphatic carbocycles. The molecule has 0 unspecified atom stereocenters. The molecule has 2 amide bonds. The Morgan fingerprint density at radius 3 is 2.19 bits per heavy atom. The predicted molar refractivity (Wildman–Crippen MR) is 84.7 cm³/mol. The Morgan fingerprint density at radius 2 is 1.67 bits per heavy atom. The fourth-order valence-corrected chi connectivity index (χ4v) is 2.96. The van der Waals surface area contributed by atoms with E-state index in [4.69, 9.17) is 5.73 Å². The summed E-state index contributed by atoms with van der Waals surface area (Å²) in [5.41, 5.74) is 5.85. The van der Waals surface area contributed by atoms with Crippen LogP contribution in [-0.2, 0) is 9.59 Å². The molecular formula is C16H31N3O2. The quantitative estimate of drug-likeness (QED) is 0.637. The molecule has 21 heavy (non-hydrogen) atoms. The Labute approximate surface area is 128 Å². The van der Waals surface area contributed by atoms with Crippen molar-refractivity contribution in [1.82, 2.24) is 10.6 Å². The van der Waals surface area contributed by atoms with E-state index in [1.54, 1.807) is 0 Å². The molecule has 0 spiro atoms. The standard InChI is InChI=1S/C16H31N3O2/c1-3-5-12(6-4-2)16(21)18-11-15(20)19-14-9-7-13(17)8-10-14/h12-14H,3-11,17H2,1-2H3,(H,18,21)(H,19,20). The lowest BCUT2D eigenvalue weighted by Crippen LogP contribution is -2.45. The SMILES string of the molecule is CCCC(CCC)C(=O)NCC(=O)NC1CCC(N)CC1. The molecule has 5 heteroatoms. The van der Waals surface area contributed by atoms with Crippen LogP contribution in [0.5, 0.6) is 0 Å². The van der Waals surface area contributed by atoms with Gasteiger partial charge < -0.3 is 16.4 Å². The van der Waals surface area contributed by atoms with Gasteiger partial charge in [-0.2, -0.15) is 0 Å². The summed E-state index contributed by atoms with van der Waals surface area (Å²) in [6.07, 6.45) is 7.58. The third kappa shape index (κ3) is 6.93. The van der Waals surface area contributed by atoms with Crippen LogP contribution in [0.1, 0.15) is 65.2 Å². The average molecular weight is 297 g/mol. The van der Waals surface area contributed by atoms with Crippen LogP contribution < -0.4 is 16.4 Å². The lowest BCUT2D eigenvalue weighted by atomic mass is 9.92. The number of rotatable bonds is 8. The number of carbonyl (C=O) groups excluding carboxylic acids is 2. The number of hydrogen-bond donors (Lipinski definition) is 3. The van der Waals surface area contributed by atoms with E-state index in [0.29, 0.717) is 0 Å². The van der Waals surface area contributed by atoms with Gasteiger partial charge in [0.2, 0.25) is 11.8 Å². The van der Waals surface area contributed by atoms with Gasteiger partial charge >= 0.3 is 0 Å². The highest BCUT2D eigenvalue weighted by atomic mass is 16.2. The van der Waals surface area contributed by atoms with Crippen molar-refractivity contribution in [1.29, 1.82) is 0 Å². The molecule has 1 rings (SSSR count). The van der Waals surface area contributed by atoms with Crippen LogP contribution in [0.4, 0.5) is 0 Å². The minimum atomic E-state index is -0.0874. The molecule has 1 fully saturated rings. The van der Waals surface area contributed by atoms with E-state index in [0.717, 1.165) is 51.4 Å². The van der Waals surface area contributed by atoms with Crippen molar-refractivity contribution in [2.75, 3.05) is 6.54 Å². The minimum absolute atomic E-state index is 0.0134. The first-order chi connectivity index (χ1) is 10.1. The first-order valence-corrected chi connectivity index (χ1v) is 8.39. The van der Waals surface area contributed by atoms with Crippen molar-refractivity contribution < 1.29 is 9.59 Å². The van der Waals surface area contributed by atoms with Gasteiger partial charge in [0.05, 0.1) is 6.54 Å². The van der Waals surface area contributed by atoms with Gasteiger partial charge in [0.1, 0.15) is 0 Å². The monoisotopic (exact) mass is 297 g/mol. The van der Waals surface area contributed by atoms with E-state index >= 15 is 0 Å². The van der Waals surface area contributed by atoms with E-state index in [1.807, 2.05) is 0 Å². The van der Waals surface area contributed by atoms with E-state index in [-0.39, 0.29) is 36.4 Å². The normalized spacial score (nSPS) is 22.1. The second-order valence-corrected chi connectivity index (χ2v) is 6.17. The maximum Gasteiger partial charge on any atom is 0.239 e. The second-order valence-electron chi connectivity index (χ2n) is 6.17. The van der Waals surface area contributed by atoms with Gasteiger partial charge in [0.25, 0.3) is 0 Å². The van der Waals surface area contributed by atoms with Gasteiger partial charge in [0, 0.05) is 18.0 Å². The van der Waals surface area contributed by atoms with Gasteiger partial charge in [-0.25, -0.2) is 0 Å². The summed E-state index contributed by atoms with van der Waals surface area (Å²) in [5, 5.41) is 5.76. The molecular weight excluding hydrogens is 266 g/mol. The zero-order chi connectivity index (χ0) is 15.7. The summed E-state index contributed by atoms with van der Waals surface area (Å²) in [6.45, 7) is 4.25. The van der Waals surface area contributed by atoms with Crippen molar-refractivity contribution in [2.45, 2.75) is 77.3 Å². The van der Waals surface area contributed by atoms with E-state index in [9.17, 15) is 9.59 Å². The molecule has 0 atom stereocenters. The smallest absolute Gasteiger partial charge is 0.239 e. The summed E-state index contributed by atoms with van der Waals surface area (Å²) >= 11 is 0. The Bertz CT molecular complexity index is 319. The zero-order valence-corrected chi connectivity index (χ0v) is 13.5. The minimum Gasteiger partial charge on any atom is -0.352 e. The molecule has 122 valence electrons. The van der Waals surface area contributed by atoms with Crippen LogP contribution in [0.2, 0.25) is 0 Å². The van der Waals surface area contributed by atoms with E-state index < -0.39 is 0 Å². The molecule has 0 heterocycles.